The normalized spacial score (nSPS) is 21.3. The van der Waals surface area contributed by atoms with Crippen molar-refractivity contribution in [1.29, 1.82) is 0 Å². The van der Waals surface area contributed by atoms with Gasteiger partial charge in [0, 0.05) is 31.3 Å². The third-order valence-corrected chi connectivity index (χ3v) is 6.29. The van der Waals surface area contributed by atoms with E-state index in [-0.39, 0.29) is 5.92 Å². The summed E-state index contributed by atoms with van der Waals surface area (Å²) in [5.41, 5.74) is 6.06. The second-order valence-corrected chi connectivity index (χ2v) is 7.75. The molecule has 102 valence electrons. The number of nitrogens with zero attached hydrogens (tertiary/aromatic N) is 1. The van der Waals surface area contributed by atoms with Crippen LogP contribution in [0.3, 0.4) is 0 Å². The number of anilines is 1. The van der Waals surface area contributed by atoms with Crippen molar-refractivity contribution < 1.29 is 13.2 Å². The molecule has 0 radical (unpaired) electrons. The van der Waals surface area contributed by atoms with Gasteiger partial charge in [-0.05, 0) is 24.8 Å². The van der Waals surface area contributed by atoms with E-state index in [0.29, 0.717) is 23.0 Å². The van der Waals surface area contributed by atoms with Gasteiger partial charge in [-0.25, -0.2) is 8.42 Å². The van der Waals surface area contributed by atoms with E-state index in [1.165, 1.54) is 10.4 Å². The lowest BCUT2D eigenvalue weighted by Gasteiger charge is -2.26. The van der Waals surface area contributed by atoms with Crippen LogP contribution in [0.1, 0.15) is 12.8 Å². The van der Waals surface area contributed by atoms with Crippen molar-refractivity contribution in [3.63, 3.8) is 0 Å². The number of rotatable bonds is 4. The first kappa shape index (κ1) is 13.8. The minimum absolute atomic E-state index is 0.288. The van der Waals surface area contributed by atoms with Gasteiger partial charge in [0.05, 0.1) is 6.61 Å². The Balaban J connectivity index is 2.05. The molecule has 5 nitrogen and oxygen atoms in total. The molecule has 2 N–H and O–H groups in total. The molecule has 0 aliphatic carbocycles. The first-order chi connectivity index (χ1) is 8.50. The average Bonchev–Trinajstić information content (AvgIpc) is 2.78. The Morgan fingerprint density at radius 3 is 2.94 bits per heavy atom. The standard InChI is InChI=1S/C11H18N2O3S2/c1-13(6-9-3-2-4-16-7-9)18(14,15)11-5-10(12)8-17-11/h5,8-9H,2-4,6-7,12H2,1H3. The summed E-state index contributed by atoms with van der Waals surface area (Å²) in [4.78, 5) is 0. The van der Waals surface area contributed by atoms with Crippen molar-refractivity contribution in [1.82, 2.24) is 4.31 Å². The molecular weight excluding hydrogens is 272 g/mol. The average molecular weight is 290 g/mol. The lowest BCUT2D eigenvalue weighted by atomic mass is 10.0. The molecular formula is C11H18N2O3S2. The lowest BCUT2D eigenvalue weighted by Crippen LogP contribution is -2.34. The molecule has 7 heteroatoms. The smallest absolute Gasteiger partial charge is 0.252 e. The van der Waals surface area contributed by atoms with Crippen molar-refractivity contribution >= 4 is 27.0 Å². The van der Waals surface area contributed by atoms with Crippen LogP contribution in [0.2, 0.25) is 0 Å². The fourth-order valence-corrected chi connectivity index (χ4v) is 4.57. The van der Waals surface area contributed by atoms with Crippen LogP contribution >= 0.6 is 11.3 Å². The van der Waals surface area contributed by atoms with Crippen LogP contribution in [-0.2, 0) is 14.8 Å². The van der Waals surface area contributed by atoms with Crippen molar-refractivity contribution in [2.45, 2.75) is 17.1 Å². The van der Waals surface area contributed by atoms with Crippen LogP contribution in [0.15, 0.2) is 15.7 Å². The molecule has 0 amide bonds. The van der Waals surface area contributed by atoms with Gasteiger partial charge in [0.25, 0.3) is 10.0 Å². The zero-order valence-corrected chi connectivity index (χ0v) is 12.0. The van der Waals surface area contributed by atoms with E-state index in [0.717, 1.165) is 30.8 Å². The maximum atomic E-state index is 12.3. The third-order valence-electron chi connectivity index (χ3n) is 3.03. The Hall–Kier alpha value is -0.630. The molecule has 1 unspecified atom stereocenters. The SMILES string of the molecule is CN(CC1CCCOC1)S(=O)(=O)c1cc(N)cs1. The highest BCUT2D eigenvalue weighted by Gasteiger charge is 2.26. The zero-order valence-electron chi connectivity index (χ0n) is 10.3. The molecule has 0 saturated carbocycles. The molecule has 2 heterocycles. The summed E-state index contributed by atoms with van der Waals surface area (Å²) < 4.78 is 31.6. The predicted octanol–water partition coefficient (Wildman–Crippen LogP) is 1.38. The topological polar surface area (TPSA) is 72.6 Å². The first-order valence-corrected chi connectivity index (χ1v) is 8.20. The first-order valence-electron chi connectivity index (χ1n) is 5.88. The summed E-state index contributed by atoms with van der Waals surface area (Å²) >= 11 is 1.16. The minimum Gasteiger partial charge on any atom is -0.398 e. The van der Waals surface area contributed by atoms with E-state index in [4.69, 9.17) is 10.5 Å². The van der Waals surface area contributed by atoms with Crippen LogP contribution in [0.4, 0.5) is 5.69 Å². The number of ether oxygens (including phenoxy) is 1. The number of hydrogen-bond donors (Lipinski definition) is 1. The van der Waals surface area contributed by atoms with Crippen molar-refractivity contribution in [2.24, 2.45) is 5.92 Å². The van der Waals surface area contributed by atoms with Gasteiger partial charge >= 0.3 is 0 Å². The van der Waals surface area contributed by atoms with Gasteiger partial charge in [0.1, 0.15) is 4.21 Å². The molecule has 0 bridgehead atoms. The summed E-state index contributed by atoms with van der Waals surface area (Å²) in [5, 5.41) is 1.64. The fourth-order valence-electron chi connectivity index (χ4n) is 2.03. The second kappa shape index (κ2) is 5.56. The molecule has 1 fully saturated rings. The van der Waals surface area contributed by atoms with Crippen LogP contribution in [0, 0.1) is 5.92 Å². The predicted molar refractivity (Wildman–Crippen MR) is 72.1 cm³/mol. The highest BCUT2D eigenvalue weighted by Crippen LogP contribution is 2.25. The van der Waals surface area contributed by atoms with Gasteiger partial charge in [-0.2, -0.15) is 4.31 Å². The number of hydrogen-bond acceptors (Lipinski definition) is 5. The molecule has 1 aromatic heterocycles. The number of sulfonamides is 1. The quantitative estimate of drug-likeness (QED) is 0.909. The van der Waals surface area contributed by atoms with Gasteiger partial charge in [-0.1, -0.05) is 0 Å². The van der Waals surface area contributed by atoms with E-state index in [9.17, 15) is 8.42 Å². The highest BCUT2D eigenvalue weighted by atomic mass is 32.2. The molecule has 1 aliphatic heterocycles. The molecule has 1 aromatic rings. The van der Waals surface area contributed by atoms with Gasteiger partial charge in [0.2, 0.25) is 0 Å². The van der Waals surface area contributed by atoms with Crippen molar-refractivity contribution in [2.75, 3.05) is 32.5 Å². The minimum atomic E-state index is -3.40. The maximum absolute atomic E-state index is 12.3. The molecule has 2 rings (SSSR count). The molecule has 1 atom stereocenters. The molecule has 18 heavy (non-hydrogen) atoms. The lowest BCUT2D eigenvalue weighted by molar-refractivity contribution is 0.0495. The highest BCUT2D eigenvalue weighted by molar-refractivity contribution is 7.91. The fraction of sp³-hybridized carbons (Fsp3) is 0.636. The van der Waals surface area contributed by atoms with Crippen LogP contribution in [0.25, 0.3) is 0 Å². The van der Waals surface area contributed by atoms with Gasteiger partial charge in [0.15, 0.2) is 0 Å². The molecule has 1 aliphatic rings. The van der Waals surface area contributed by atoms with Gasteiger partial charge in [-0.15, -0.1) is 11.3 Å². The van der Waals surface area contributed by atoms with E-state index in [1.54, 1.807) is 12.4 Å². The Kier molecular flexibility index (Phi) is 4.26. The molecule has 1 saturated heterocycles. The Bertz CT molecular complexity index is 492. The van der Waals surface area contributed by atoms with Crippen LogP contribution in [-0.4, -0.2) is 39.5 Å². The third kappa shape index (κ3) is 3.03. The van der Waals surface area contributed by atoms with Crippen molar-refractivity contribution in [3.8, 4) is 0 Å². The van der Waals surface area contributed by atoms with E-state index < -0.39 is 10.0 Å². The van der Waals surface area contributed by atoms with Crippen LogP contribution in [0.5, 0.6) is 0 Å². The summed E-state index contributed by atoms with van der Waals surface area (Å²) in [5.74, 6) is 0.288. The van der Waals surface area contributed by atoms with E-state index >= 15 is 0 Å². The summed E-state index contributed by atoms with van der Waals surface area (Å²) in [7, 11) is -1.79. The number of nitrogen functional groups attached to an aromatic ring is 1. The number of nitrogens with two attached hydrogens (primary N) is 1. The largest absolute Gasteiger partial charge is 0.398 e. The molecule has 0 aromatic carbocycles. The Morgan fingerprint density at radius 2 is 2.39 bits per heavy atom. The van der Waals surface area contributed by atoms with Gasteiger partial charge in [-0.3, -0.25) is 0 Å². The number of thiophene rings is 1. The zero-order chi connectivity index (χ0) is 13.2. The summed E-state index contributed by atoms with van der Waals surface area (Å²) in [6.07, 6.45) is 2.02. The Labute approximate surface area is 112 Å². The van der Waals surface area contributed by atoms with E-state index in [1.807, 2.05) is 0 Å². The Morgan fingerprint density at radius 1 is 1.61 bits per heavy atom. The van der Waals surface area contributed by atoms with Gasteiger partial charge < -0.3 is 10.5 Å². The second-order valence-electron chi connectivity index (χ2n) is 4.57. The summed E-state index contributed by atoms with van der Waals surface area (Å²) in [6, 6.07) is 1.51. The van der Waals surface area contributed by atoms with Crippen LogP contribution < -0.4 is 5.73 Å². The monoisotopic (exact) mass is 290 g/mol. The maximum Gasteiger partial charge on any atom is 0.252 e. The van der Waals surface area contributed by atoms with E-state index in [2.05, 4.69) is 0 Å². The molecule has 0 spiro atoms. The van der Waals surface area contributed by atoms with Crippen molar-refractivity contribution in [3.05, 3.63) is 11.4 Å². The summed E-state index contributed by atoms with van der Waals surface area (Å²) in [6.45, 7) is 1.93.